The Labute approximate surface area is 130 Å². The summed E-state index contributed by atoms with van der Waals surface area (Å²) in [5, 5.41) is 11.6. The van der Waals surface area contributed by atoms with Gasteiger partial charge in [0.25, 0.3) is 0 Å². The second-order valence-corrected chi connectivity index (χ2v) is 5.30. The summed E-state index contributed by atoms with van der Waals surface area (Å²) in [5.41, 5.74) is 3.06. The second kappa shape index (κ2) is 6.95. The Hall–Kier alpha value is -2.26. The zero-order valence-electron chi connectivity index (χ0n) is 12.1. The second-order valence-electron chi connectivity index (χ2n) is 4.86. The summed E-state index contributed by atoms with van der Waals surface area (Å²) in [6, 6.07) is 15.4. The maximum absolute atomic E-state index is 7.90. The van der Waals surface area contributed by atoms with Crippen molar-refractivity contribution in [3.8, 4) is 0 Å². The van der Waals surface area contributed by atoms with Crippen molar-refractivity contribution >= 4 is 34.9 Å². The van der Waals surface area contributed by atoms with E-state index in [-0.39, 0.29) is 0 Å². The van der Waals surface area contributed by atoms with E-state index in [9.17, 15) is 0 Å². The number of rotatable bonds is 4. The Morgan fingerprint density at radius 2 is 1.67 bits per heavy atom. The summed E-state index contributed by atoms with van der Waals surface area (Å²) in [7, 11) is 4.02. The van der Waals surface area contributed by atoms with Crippen LogP contribution in [0.4, 0.5) is 11.4 Å². The number of anilines is 2. The number of hydrogen-bond acceptors (Lipinski definition) is 2. The molecule has 3 nitrogen and oxygen atoms in total. The molecule has 0 atom stereocenters. The first-order valence-electron chi connectivity index (χ1n) is 6.61. The van der Waals surface area contributed by atoms with Gasteiger partial charge in [-0.15, -0.1) is 0 Å². The number of nitrogens with one attached hydrogen (secondary N) is 2. The molecule has 21 heavy (non-hydrogen) atoms. The molecule has 0 aliphatic heterocycles. The maximum Gasteiger partial charge on any atom is 0.122 e. The van der Waals surface area contributed by atoms with Gasteiger partial charge in [-0.05, 0) is 48.0 Å². The van der Waals surface area contributed by atoms with Crippen LogP contribution in [0.1, 0.15) is 5.56 Å². The van der Waals surface area contributed by atoms with Crippen molar-refractivity contribution in [3.63, 3.8) is 0 Å². The number of hydrogen-bond donors (Lipinski definition) is 2. The molecular formula is C17H18ClN3. The van der Waals surface area contributed by atoms with Gasteiger partial charge in [-0.2, -0.15) is 0 Å². The monoisotopic (exact) mass is 299 g/mol. The van der Waals surface area contributed by atoms with Gasteiger partial charge in [-0.1, -0.05) is 29.8 Å². The van der Waals surface area contributed by atoms with Gasteiger partial charge in [-0.25, -0.2) is 0 Å². The number of amidine groups is 1. The minimum absolute atomic E-state index is 0.328. The highest BCUT2D eigenvalue weighted by Crippen LogP contribution is 2.15. The Balaban J connectivity index is 1.96. The number of halogens is 1. The molecule has 0 bridgehead atoms. The van der Waals surface area contributed by atoms with Crippen molar-refractivity contribution in [1.29, 1.82) is 5.41 Å². The summed E-state index contributed by atoms with van der Waals surface area (Å²) in [6.45, 7) is 0. The van der Waals surface area contributed by atoms with Crippen molar-refractivity contribution in [2.24, 2.45) is 0 Å². The smallest absolute Gasteiger partial charge is 0.122 e. The fourth-order valence-corrected chi connectivity index (χ4v) is 1.92. The van der Waals surface area contributed by atoms with Crippen LogP contribution >= 0.6 is 11.6 Å². The fraction of sp³-hybridized carbons (Fsp3) is 0.118. The summed E-state index contributed by atoms with van der Waals surface area (Å²) >= 11 is 5.83. The van der Waals surface area contributed by atoms with Crippen LogP contribution in [0.3, 0.4) is 0 Å². The highest BCUT2D eigenvalue weighted by Gasteiger charge is 1.96. The SMILES string of the molecule is CN(C)c1ccc(/C=C/C(=N)Nc2ccc(Cl)cc2)cc1. The van der Waals surface area contributed by atoms with E-state index in [2.05, 4.69) is 22.3 Å². The highest BCUT2D eigenvalue weighted by molar-refractivity contribution is 6.30. The molecule has 0 saturated heterocycles. The zero-order chi connectivity index (χ0) is 15.2. The van der Waals surface area contributed by atoms with Gasteiger partial charge in [0, 0.05) is 30.5 Å². The molecule has 0 aromatic heterocycles. The third kappa shape index (κ3) is 4.65. The Kier molecular flexibility index (Phi) is 5.01. The van der Waals surface area contributed by atoms with Gasteiger partial charge < -0.3 is 10.2 Å². The molecule has 0 radical (unpaired) electrons. The Bertz CT molecular complexity index is 628. The minimum atomic E-state index is 0.328. The van der Waals surface area contributed by atoms with Crippen molar-refractivity contribution in [3.05, 3.63) is 65.2 Å². The van der Waals surface area contributed by atoms with Crippen molar-refractivity contribution in [2.75, 3.05) is 24.3 Å². The van der Waals surface area contributed by atoms with Gasteiger partial charge in [-0.3, -0.25) is 5.41 Å². The molecule has 2 N–H and O–H groups in total. The van der Waals surface area contributed by atoms with Gasteiger partial charge in [0.05, 0.1) is 0 Å². The molecule has 0 aliphatic rings. The predicted molar refractivity (Wildman–Crippen MR) is 92.6 cm³/mol. The van der Waals surface area contributed by atoms with Crippen LogP contribution < -0.4 is 10.2 Å². The van der Waals surface area contributed by atoms with Crippen LogP contribution in [0.2, 0.25) is 5.02 Å². The first kappa shape index (κ1) is 15.1. The summed E-state index contributed by atoms with van der Waals surface area (Å²) in [6.07, 6.45) is 3.64. The molecule has 4 heteroatoms. The lowest BCUT2D eigenvalue weighted by molar-refractivity contribution is 1.13. The summed E-state index contributed by atoms with van der Waals surface area (Å²) in [5.74, 6) is 0.328. The van der Waals surface area contributed by atoms with Crippen LogP contribution in [0.25, 0.3) is 6.08 Å². The quantitative estimate of drug-likeness (QED) is 0.644. The molecule has 0 amide bonds. The van der Waals surface area contributed by atoms with Gasteiger partial charge >= 0.3 is 0 Å². The minimum Gasteiger partial charge on any atom is -0.378 e. The maximum atomic E-state index is 7.90. The number of nitrogens with zero attached hydrogens (tertiary/aromatic N) is 1. The molecular weight excluding hydrogens is 282 g/mol. The first-order valence-corrected chi connectivity index (χ1v) is 6.99. The zero-order valence-corrected chi connectivity index (χ0v) is 12.9. The van der Waals surface area contributed by atoms with E-state index in [0.29, 0.717) is 10.9 Å². The molecule has 2 aromatic rings. The van der Waals surface area contributed by atoms with E-state index in [0.717, 1.165) is 16.9 Å². The molecule has 108 valence electrons. The predicted octanol–water partition coefficient (Wildman–Crippen LogP) is 4.51. The Morgan fingerprint density at radius 3 is 2.24 bits per heavy atom. The Morgan fingerprint density at radius 1 is 1.05 bits per heavy atom. The van der Waals surface area contributed by atoms with Crippen LogP contribution in [-0.2, 0) is 0 Å². The first-order chi connectivity index (χ1) is 10.0. The molecule has 2 rings (SSSR count). The molecule has 2 aromatic carbocycles. The van der Waals surface area contributed by atoms with Crippen molar-refractivity contribution in [1.82, 2.24) is 0 Å². The molecule has 0 heterocycles. The van der Waals surface area contributed by atoms with Crippen LogP contribution in [0.5, 0.6) is 0 Å². The average Bonchev–Trinajstić information content (AvgIpc) is 2.48. The van der Waals surface area contributed by atoms with E-state index in [1.807, 2.05) is 44.4 Å². The molecule has 0 aliphatic carbocycles. The molecule has 0 saturated carbocycles. The summed E-state index contributed by atoms with van der Waals surface area (Å²) < 4.78 is 0. The normalized spacial score (nSPS) is 10.6. The van der Waals surface area contributed by atoms with E-state index in [1.165, 1.54) is 0 Å². The average molecular weight is 300 g/mol. The highest BCUT2D eigenvalue weighted by atomic mass is 35.5. The lowest BCUT2D eigenvalue weighted by Gasteiger charge is -2.11. The van der Waals surface area contributed by atoms with Crippen molar-refractivity contribution in [2.45, 2.75) is 0 Å². The number of benzene rings is 2. The lowest BCUT2D eigenvalue weighted by Crippen LogP contribution is -2.08. The van der Waals surface area contributed by atoms with E-state index < -0.39 is 0 Å². The van der Waals surface area contributed by atoms with Gasteiger partial charge in [0.1, 0.15) is 5.84 Å². The molecule has 0 unspecified atom stereocenters. The van der Waals surface area contributed by atoms with Gasteiger partial charge in [0.2, 0.25) is 0 Å². The third-order valence-electron chi connectivity index (χ3n) is 2.98. The topological polar surface area (TPSA) is 39.1 Å². The largest absolute Gasteiger partial charge is 0.378 e. The van der Waals surface area contributed by atoms with Crippen LogP contribution in [-0.4, -0.2) is 19.9 Å². The lowest BCUT2D eigenvalue weighted by atomic mass is 10.2. The van der Waals surface area contributed by atoms with Crippen LogP contribution in [0.15, 0.2) is 54.6 Å². The molecule has 0 fully saturated rings. The standard InChI is InChI=1S/C17H18ClN3/c1-21(2)16-10-3-13(4-11-16)5-12-17(19)20-15-8-6-14(18)7-9-15/h3-12H,1-2H3,(H2,19,20)/b12-5+. The van der Waals surface area contributed by atoms with E-state index >= 15 is 0 Å². The third-order valence-corrected chi connectivity index (χ3v) is 3.23. The fourth-order valence-electron chi connectivity index (χ4n) is 1.79. The van der Waals surface area contributed by atoms with Crippen molar-refractivity contribution < 1.29 is 0 Å². The van der Waals surface area contributed by atoms with E-state index in [4.69, 9.17) is 17.0 Å². The summed E-state index contributed by atoms with van der Waals surface area (Å²) in [4.78, 5) is 2.05. The van der Waals surface area contributed by atoms with Gasteiger partial charge in [0.15, 0.2) is 0 Å². The van der Waals surface area contributed by atoms with Crippen LogP contribution in [0, 0.1) is 5.41 Å². The van der Waals surface area contributed by atoms with E-state index in [1.54, 1.807) is 18.2 Å². The molecule has 0 spiro atoms.